The van der Waals surface area contributed by atoms with Gasteiger partial charge in [0.25, 0.3) is 11.8 Å². The Morgan fingerprint density at radius 1 is 0.912 bits per heavy atom. The maximum atomic E-state index is 12.8. The Labute approximate surface area is 198 Å². The number of likely N-dealkylation sites (tertiary alicyclic amines) is 1. The van der Waals surface area contributed by atoms with E-state index >= 15 is 0 Å². The van der Waals surface area contributed by atoms with E-state index in [9.17, 15) is 14.4 Å². The van der Waals surface area contributed by atoms with Crippen LogP contribution in [0.25, 0.3) is 0 Å². The molecule has 3 amide bonds. The van der Waals surface area contributed by atoms with Gasteiger partial charge in [-0.05, 0) is 67.3 Å². The fourth-order valence-electron chi connectivity index (χ4n) is 3.82. The van der Waals surface area contributed by atoms with Gasteiger partial charge in [-0.2, -0.15) is 0 Å². The number of anilines is 3. The van der Waals surface area contributed by atoms with Gasteiger partial charge in [0.05, 0.1) is 12.8 Å². The molecule has 0 bridgehead atoms. The molecular formula is C26H28N4O4. The van der Waals surface area contributed by atoms with E-state index in [-0.39, 0.29) is 30.0 Å². The number of hydrogen-bond acceptors (Lipinski definition) is 5. The van der Waals surface area contributed by atoms with Crippen LogP contribution in [0, 0.1) is 5.92 Å². The zero-order chi connectivity index (χ0) is 23.9. The van der Waals surface area contributed by atoms with Crippen molar-refractivity contribution in [2.75, 3.05) is 35.6 Å². The lowest BCUT2D eigenvalue weighted by atomic mass is 9.98. The van der Waals surface area contributed by atoms with E-state index in [0.717, 1.165) is 25.9 Å². The van der Waals surface area contributed by atoms with Gasteiger partial charge < -0.3 is 25.3 Å². The number of rotatable bonds is 7. The van der Waals surface area contributed by atoms with Crippen molar-refractivity contribution in [2.24, 2.45) is 5.92 Å². The molecule has 8 nitrogen and oxygen atoms in total. The molecule has 0 unspecified atom stereocenters. The van der Waals surface area contributed by atoms with Gasteiger partial charge in [-0.25, -0.2) is 0 Å². The molecule has 8 heteroatoms. The molecule has 3 aromatic rings. The van der Waals surface area contributed by atoms with Crippen LogP contribution in [0.3, 0.4) is 0 Å². The summed E-state index contributed by atoms with van der Waals surface area (Å²) in [4.78, 5) is 39.3. The third-order valence-corrected chi connectivity index (χ3v) is 5.78. The number of nitrogens with zero attached hydrogens (tertiary/aromatic N) is 1. The van der Waals surface area contributed by atoms with Crippen LogP contribution in [0.4, 0.5) is 17.1 Å². The fourth-order valence-corrected chi connectivity index (χ4v) is 3.82. The number of piperidine rings is 1. The minimum Gasteiger partial charge on any atom is -0.459 e. The molecule has 1 aliphatic rings. The highest BCUT2D eigenvalue weighted by Gasteiger charge is 2.21. The minimum absolute atomic E-state index is 0.00506. The maximum Gasteiger partial charge on any atom is 0.291 e. The van der Waals surface area contributed by atoms with Gasteiger partial charge >= 0.3 is 0 Å². The van der Waals surface area contributed by atoms with Crippen molar-refractivity contribution in [3.05, 3.63) is 78.3 Å². The zero-order valence-corrected chi connectivity index (χ0v) is 19.0. The minimum atomic E-state index is -0.353. The number of carbonyl (C=O) groups is 3. The number of hydrogen-bond donors (Lipinski definition) is 3. The lowest BCUT2D eigenvalue weighted by Gasteiger charge is -2.30. The van der Waals surface area contributed by atoms with Crippen molar-refractivity contribution < 1.29 is 18.8 Å². The number of amides is 3. The summed E-state index contributed by atoms with van der Waals surface area (Å²) in [5.41, 5.74) is 2.39. The molecule has 4 rings (SSSR count). The SMILES string of the molecule is CC1CCN(C(=O)c2cccc(NC(=O)CNc3cccc(NC(=O)c4ccco4)c3)c2)CC1. The van der Waals surface area contributed by atoms with Crippen LogP contribution in [-0.2, 0) is 4.79 Å². The molecule has 0 atom stereocenters. The fraction of sp³-hybridized carbons (Fsp3) is 0.269. The monoisotopic (exact) mass is 460 g/mol. The summed E-state index contributed by atoms with van der Waals surface area (Å²) in [5.74, 6) is 0.257. The first-order valence-electron chi connectivity index (χ1n) is 11.4. The molecule has 2 heterocycles. The van der Waals surface area contributed by atoms with Crippen LogP contribution >= 0.6 is 0 Å². The molecule has 1 aromatic heterocycles. The van der Waals surface area contributed by atoms with Crippen LogP contribution in [0.1, 0.15) is 40.7 Å². The van der Waals surface area contributed by atoms with E-state index in [4.69, 9.17) is 4.42 Å². The second-order valence-electron chi connectivity index (χ2n) is 8.47. The summed E-state index contributed by atoms with van der Waals surface area (Å²) in [6, 6.07) is 17.3. The quantitative estimate of drug-likeness (QED) is 0.483. The average Bonchev–Trinajstić information content (AvgIpc) is 3.39. The summed E-state index contributed by atoms with van der Waals surface area (Å²) < 4.78 is 5.09. The predicted molar refractivity (Wildman–Crippen MR) is 131 cm³/mol. The van der Waals surface area contributed by atoms with E-state index in [1.54, 1.807) is 60.7 Å². The maximum absolute atomic E-state index is 12.8. The van der Waals surface area contributed by atoms with Crippen molar-refractivity contribution in [1.29, 1.82) is 0 Å². The van der Waals surface area contributed by atoms with E-state index < -0.39 is 0 Å². The summed E-state index contributed by atoms with van der Waals surface area (Å²) in [5, 5.41) is 8.62. The Morgan fingerprint density at radius 2 is 1.62 bits per heavy atom. The topological polar surface area (TPSA) is 104 Å². The standard InChI is InChI=1S/C26H28N4O4/c1-18-10-12-30(13-11-18)26(33)19-5-2-7-21(15-19)28-24(31)17-27-20-6-3-8-22(16-20)29-25(32)23-9-4-14-34-23/h2-9,14-16,18,27H,10-13,17H2,1H3,(H,28,31)(H,29,32). The first-order valence-corrected chi connectivity index (χ1v) is 11.4. The van der Waals surface area contributed by atoms with Gasteiger partial charge in [0.2, 0.25) is 5.91 Å². The van der Waals surface area contributed by atoms with Gasteiger partial charge in [-0.15, -0.1) is 0 Å². The van der Waals surface area contributed by atoms with Crippen molar-refractivity contribution in [1.82, 2.24) is 4.90 Å². The lowest BCUT2D eigenvalue weighted by molar-refractivity contribution is -0.114. The molecule has 34 heavy (non-hydrogen) atoms. The first-order chi connectivity index (χ1) is 16.5. The van der Waals surface area contributed by atoms with Crippen LogP contribution in [-0.4, -0.2) is 42.3 Å². The zero-order valence-electron chi connectivity index (χ0n) is 19.0. The molecule has 0 aliphatic carbocycles. The summed E-state index contributed by atoms with van der Waals surface area (Å²) in [7, 11) is 0. The van der Waals surface area contributed by atoms with E-state index in [1.165, 1.54) is 6.26 Å². The van der Waals surface area contributed by atoms with Gasteiger partial charge in [0, 0.05) is 35.7 Å². The third-order valence-electron chi connectivity index (χ3n) is 5.78. The van der Waals surface area contributed by atoms with Crippen LogP contribution in [0.15, 0.2) is 71.3 Å². The Bertz CT molecular complexity index is 1150. The highest BCUT2D eigenvalue weighted by molar-refractivity contribution is 6.02. The lowest BCUT2D eigenvalue weighted by Crippen LogP contribution is -2.37. The first kappa shape index (κ1) is 23.1. The van der Waals surface area contributed by atoms with Gasteiger partial charge in [-0.3, -0.25) is 14.4 Å². The molecule has 2 aromatic carbocycles. The molecule has 0 spiro atoms. The molecule has 0 radical (unpaired) electrons. The van der Waals surface area contributed by atoms with Gasteiger partial charge in [0.15, 0.2) is 5.76 Å². The summed E-state index contributed by atoms with van der Waals surface area (Å²) in [6.07, 6.45) is 3.47. The Morgan fingerprint density at radius 3 is 2.35 bits per heavy atom. The van der Waals surface area contributed by atoms with Crippen molar-refractivity contribution >= 4 is 34.8 Å². The number of nitrogens with one attached hydrogen (secondary N) is 3. The molecule has 3 N–H and O–H groups in total. The van der Waals surface area contributed by atoms with Crippen molar-refractivity contribution in [3.8, 4) is 0 Å². The molecule has 1 fully saturated rings. The van der Waals surface area contributed by atoms with Crippen molar-refractivity contribution in [3.63, 3.8) is 0 Å². The highest BCUT2D eigenvalue weighted by atomic mass is 16.3. The molecular weight excluding hydrogens is 432 g/mol. The Hall–Kier alpha value is -4.07. The third kappa shape index (κ3) is 6.04. The van der Waals surface area contributed by atoms with E-state index in [2.05, 4.69) is 22.9 Å². The Balaban J connectivity index is 1.30. The largest absolute Gasteiger partial charge is 0.459 e. The van der Waals surface area contributed by atoms with Crippen LogP contribution < -0.4 is 16.0 Å². The van der Waals surface area contributed by atoms with Gasteiger partial charge in [-0.1, -0.05) is 19.1 Å². The van der Waals surface area contributed by atoms with E-state index in [0.29, 0.717) is 28.5 Å². The van der Waals surface area contributed by atoms with Gasteiger partial charge in [0.1, 0.15) is 0 Å². The summed E-state index contributed by atoms with van der Waals surface area (Å²) in [6.45, 7) is 3.76. The van der Waals surface area contributed by atoms with Crippen molar-refractivity contribution in [2.45, 2.75) is 19.8 Å². The molecule has 0 saturated carbocycles. The average molecular weight is 461 g/mol. The summed E-state index contributed by atoms with van der Waals surface area (Å²) >= 11 is 0. The number of benzene rings is 2. The number of carbonyl (C=O) groups excluding carboxylic acids is 3. The molecule has 1 aliphatic heterocycles. The normalized spacial score (nSPS) is 13.9. The second-order valence-corrected chi connectivity index (χ2v) is 8.47. The van der Waals surface area contributed by atoms with E-state index in [1.807, 2.05) is 4.90 Å². The number of furan rings is 1. The van der Waals surface area contributed by atoms with Crippen LogP contribution in [0.2, 0.25) is 0 Å². The Kier molecular flexibility index (Phi) is 7.27. The molecule has 1 saturated heterocycles. The predicted octanol–water partition coefficient (Wildman–Crippen LogP) is 4.45. The smallest absolute Gasteiger partial charge is 0.291 e. The van der Waals surface area contributed by atoms with Crippen LogP contribution in [0.5, 0.6) is 0 Å². The second kappa shape index (κ2) is 10.7. The highest BCUT2D eigenvalue weighted by Crippen LogP contribution is 2.20. The molecule has 176 valence electrons.